The van der Waals surface area contributed by atoms with Crippen molar-refractivity contribution in [2.45, 2.75) is 24.8 Å². The van der Waals surface area contributed by atoms with E-state index in [-0.39, 0.29) is 5.69 Å². The number of hydrogen-bond donors (Lipinski definition) is 1. The summed E-state index contributed by atoms with van der Waals surface area (Å²) >= 11 is 0. The molecule has 0 aliphatic carbocycles. The minimum absolute atomic E-state index is 0.220. The van der Waals surface area contributed by atoms with E-state index in [9.17, 15) is 13.2 Å². The summed E-state index contributed by atoms with van der Waals surface area (Å²) in [6, 6.07) is 0.989. The highest BCUT2D eigenvalue weighted by molar-refractivity contribution is 5.67. The van der Waals surface area contributed by atoms with Gasteiger partial charge in [0.2, 0.25) is 0 Å². The quantitative estimate of drug-likeness (QED) is 0.860. The predicted molar refractivity (Wildman–Crippen MR) is 69.7 cm³/mol. The Morgan fingerprint density at radius 1 is 1.29 bits per heavy atom. The molecule has 2 N–H and O–H groups in total. The molecule has 1 aromatic heterocycles. The van der Waals surface area contributed by atoms with Gasteiger partial charge in [-0.15, -0.1) is 0 Å². The fraction of sp³-hybridized carbons (Fsp3) is 0.615. The van der Waals surface area contributed by atoms with E-state index in [2.05, 4.69) is 4.98 Å². The van der Waals surface area contributed by atoms with Crippen LogP contribution in [-0.2, 0) is 15.7 Å². The molecule has 116 valence electrons. The van der Waals surface area contributed by atoms with Crippen LogP contribution in [0.2, 0.25) is 0 Å². The number of rotatable bonds is 1. The number of pyridine rings is 1. The second kappa shape index (κ2) is 5.03. The molecule has 3 rings (SSSR count). The van der Waals surface area contributed by atoms with Gasteiger partial charge in [-0.2, -0.15) is 13.2 Å². The zero-order chi connectivity index (χ0) is 15.1. The summed E-state index contributed by atoms with van der Waals surface area (Å²) in [6.07, 6.45) is -1.93. The van der Waals surface area contributed by atoms with Gasteiger partial charge in [0.1, 0.15) is 5.69 Å². The third-order valence-electron chi connectivity index (χ3n) is 3.77. The van der Waals surface area contributed by atoms with Crippen molar-refractivity contribution in [3.05, 3.63) is 18.0 Å². The summed E-state index contributed by atoms with van der Waals surface area (Å²) in [5.74, 6) is -0.716. The molecule has 2 aliphatic rings. The Kier molecular flexibility index (Phi) is 3.45. The molecule has 5 nitrogen and oxygen atoms in total. The summed E-state index contributed by atoms with van der Waals surface area (Å²) < 4.78 is 49.6. The van der Waals surface area contributed by atoms with Gasteiger partial charge < -0.3 is 20.1 Å². The Morgan fingerprint density at radius 3 is 2.67 bits per heavy atom. The first kappa shape index (κ1) is 14.4. The zero-order valence-electron chi connectivity index (χ0n) is 11.3. The molecule has 0 bridgehead atoms. The maximum Gasteiger partial charge on any atom is 0.433 e. The van der Waals surface area contributed by atoms with Crippen molar-refractivity contribution in [1.29, 1.82) is 0 Å². The first-order valence-electron chi connectivity index (χ1n) is 6.75. The van der Waals surface area contributed by atoms with Crippen molar-refractivity contribution in [3.63, 3.8) is 0 Å². The molecule has 0 unspecified atom stereocenters. The molecular weight excluding hydrogens is 287 g/mol. The van der Waals surface area contributed by atoms with Crippen molar-refractivity contribution >= 4 is 11.4 Å². The second-order valence-electron chi connectivity index (χ2n) is 5.26. The van der Waals surface area contributed by atoms with Gasteiger partial charge in [0.25, 0.3) is 0 Å². The molecule has 0 amide bonds. The minimum Gasteiger partial charge on any atom is -0.396 e. The number of ether oxygens (including phenoxy) is 2. The summed E-state index contributed by atoms with van der Waals surface area (Å²) in [5.41, 5.74) is 5.40. The number of alkyl halides is 3. The van der Waals surface area contributed by atoms with Gasteiger partial charge in [0.15, 0.2) is 5.79 Å². The van der Waals surface area contributed by atoms with Gasteiger partial charge in [0, 0.05) is 13.0 Å². The van der Waals surface area contributed by atoms with Crippen LogP contribution in [0.1, 0.15) is 18.5 Å². The Labute approximate surface area is 119 Å². The highest BCUT2D eigenvalue weighted by Gasteiger charge is 2.42. The second-order valence-corrected chi connectivity index (χ2v) is 5.26. The molecule has 0 saturated carbocycles. The Morgan fingerprint density at radius 2 is 2.00 bits per heavy atom. The lowest BCUT2D eigenvalue weighted by atomic mass is 10.0. The number of anilines is 2. The summed E-state index contributed by atoms with van der Waals surface area (Å²) in [4.78, 5) is 5.13. The minimum atomic E-state index is -4.49. The number of halogens is 3. The first-order chi connectivity index (χ1) is 9.90. The third-order valence-corrected chi connectivity index (χ3v) is 3.77. The van der Waals surface area contributed by atoms with Gasteiger partial charge in [-0.3, -0.25) is 0 Å². The molecule has 3 heterocycles. The molecule has 21 heavy (non-hydrogen) atoms. The van der Waals surface area contributed by atoms with Crippen molar-refractivity contribution in [2.75, 3.05) is 36.9 Å². The van der Waals surface area contributed by atoms with Crippen LogP contribution in [0.15, 0.2) is 12.3 Å². The topological polar surface area (TPSA) is 60.6 Å². The molecule has 0 radical (unpaired) electrons. The van der Waals surface area contributed by atoms with E-state index in [0.717, 1.165) is 25.1 Å². The molecule has 0 atom stereocenters. The maximum absolute atomic E-state index is 12.8. The average Bonchev–Trinajstić information content (AvgIpc) is 2.86. The third kappa shape index (κ3) is 2.77. The van der Waals surface area contributed by atoms with Gasteiger partial charge in [-0.25, -0.2) is 4.98 Å². The first-order valence-corrected chi connectivity index (χ1v) is 6.75. The number of aromatic nitrogens is 1. The van der Waals surface area contributed by atoms with E-state index >= 15 is 0 Å². The van der Waals surface area contributed by atoms with Crippen molar-refractivity contribution in [1.82, 2.24) is 4.98 Å². The van der Waals surface area contributed by atoms with Crippen molar-refractivity contribution in [2.24, 2.45) is 0 Å². The maximum atomic E-state index is 12.8. The van der Waals surface area contributed by atoms with E-state index < -0.39 is 17.7 Å². The largest absolute Gasteiger partial charge is 0.433 e. The van der Waals surface area contributed by atoms with Gasteiger partial charge >= 0.3 is 6.18 Å². The number of piperidine rings is 1. The van der Waals surface area contributed by atoms with E-state index in [4.69, 9.17) is 15.2 Å². The zero-order valence-corrected chi connectivity index (χ0v) is 11.3. The van der Waals surface area contributed by atoms with Crippen LogP contribution in [0.5, 0.6) is 0 Å². The number of nitrogen functional groups attached to an aromatic ring is 1. The lowest BCUT2D eigenvalue weighted by Gasteiger charge is -2.40. The van der Waals surface area contributed by atoms with Crippen LogP contribution >= 0.6 is 0 Å². The van der Waals surface area contributed by atoms with E-state index in [1.807, 2.05) is 0 Å². The molecule has 2 aliphatic heterocycles. The molecule has 1 spiro atoms. The molecule has 8 heteroatoms. The van der Waals surface area contributed by atoms with Gasteiger partial charge in [-0.1, -0.05) is 0 Å². The summed E-state index contributed by atoms with van der Waals surface area (Å²) in [7, 11) is 0. The van der Waals surface area contributed by atoms with E-state index in [1.165, 1.54) is 0 Å². The lowest BCUT2D eigenvalue weighted by Crippen LogP contribution is -2.49. The van der Waals surface area contributed by atoms with Crippen LogP contribution in [-0.4, -0.2) is 37.1 Å². The standard InChI is InChI=1S/C13H16F3N3O2/c14-13(15,16)11-6-10(9(17)7-18-11)19-3-1-2-12(8-19)20-4-5-21-12/h6-7H,1-5,8,17H2. The van der Waals surface area contributed by atoms with Crippen LogP contribution in [0.4, 0.5) is 24.5 Å². The van der Waals surface area contributed by atoms with Crippen LogP contribution in [0.3, 0.4) is 0 Å². The Bertz CT molecular complexity index is 530. The predicted octanol–water partition coefficient (Wildman–Crippen LogP) is 2.03. The molecule has 0 aromatic carbocycles. The molecule has 2 fully saturated rings. The Hall–Kier alpha value is -1.54. The number of nitrogens with zero attached hydrogens (tertiary/aromatic N) is 2. The van der Waals surface area contributed by atoms with E-state index in [1.54, 1.807) is 4.90 Å². The lowest BCUT2D eigenvalue weighted by molar-refractivity contribution is -0.161. The van der Waals surface area contributed by atoms with Crippen LogP contribution < -0.4 is 10.6 Å². The highest BCUT2D eigenvalue weighted by atomic mass is 19.4. The number of hydrogen-bond acceptors (Lipinski definition) is 5. The van der Waals surface area contributed by atoms with Gasteiger partial charge in [0.05, 0.1) is 37.3 Å². The summed E-state index contributed by atoms with van der Waals surface area (Å²) in [5, 5.41) is 0. The van der Waals surface area contributed by atoms with Crippen LogP contribution in [0, 0.1) is 0 Å². The van der Waals surface area contributed by atoms with Crippen molar-refractivity contribution < 1.29 is 22.6 Å². The average molecular weight is 303 g/mol. The van der Waals surface area contributed by atoms with E-state index in [0.29, 0.717) is 32.0 Å². The highest BCUT2D eigenvalue weighted by Crippen LogP contribution is 2.37. The molecule has 2 saturated heterocycles. The molecular formula is C13H16F3N3O2. The van der Waals surface area contributed by atoms with Crippen LogP contribution in [0.25, 0.3) is 0 Å². The summed E-state index contributed by atoms with van der Waals surface area (Å²) in [6.45, 7) is 2.00. The van der Waals surface area contributed by atoms with Gasteiger partial charge in [-0.05, 0) is 12.5 Å². The fourth-order valence-electron chi connectivity index (χ4n) is 2.81. The molecule has 1 aromatic rings. The Balaban J connectivity index is 1.89. The monoisotopic (exact) mass is 303 g/mol. The smallest absolute Gasteiger partial charge is 0.396 e. The normalized spacial score (nSPS) is 22.0. The fourth-order valence-corrected chi connectivity index (χ4v) is 2.81. The number of nitrogens with two attached hydrogens (primary N) is 1. The SMILES string of the molecule is Nc1cnc(C(F)(F)F)cc1N1CCCC2(C1)OCCO2. The van der Waals surface area contributed by atoms with Crippen molar-refractivity contribution in [3.8, 4) is 0 Å².